The molecule has 0 fully saturated rings. The molecule has 0 unspecified atom stereocenters. The molecule has 0 aromatic heterocycles. The minimum Gasteiger partial charge on any atom is -0.496 e. The van der Waals surface area contributed by atoms with Crippen LogP contribution in [0.2, 0.25) is 0 Å². The van der Waals surface area contributed by atoms with Gasteiger partial charge in [-0.3, -0.25) is 9.10 Å². The van der Waals surface area contributed by atoms with Crippen LogP contribution in [0.1, 0.15) is 28.9 Å². The van der Waals surface area contributed by atoms with Crippen molar-refractivity contribution >= 4 is 37.5 Å². The molecule has 0 aliphatic carbocycles. The Morgan fingerprint density at radius 2 is 1.81 bits per heavy atom. The molecule has 1 atom stereocenters. The number of hydrogen-bond donors (Lipinski definition) is 1. The molecule has 1 N–H and O–H groups in total. The van der Waals surface area contributed by atoms with Crippen LogP contribution in [-0.2, 0) is 10.0 Å². The number of carbonyl (C=O) groups excluding carboxylic acids is 1. The van der Waals surface area contributed by atoms with Gasteiger partial charge >= 0.3 is 0 Å². The summed E-state index contributed by atoms with van der Waals surface area (Å²) in [5.74, 6) is 0.0252. The monoisotopic (exact) mass is 440 g/mol. The third kappa shape index (κ3) is 4.76. The first-order chi connectivity index (χ1) is 12.1. The molecule has 0 spiro atoms. The van der Waals surface area contributed by atoms with Gasteiger partial charge in [-0.25, -0.2) is 8.42 Å². The largest absolute Gasteiger partial charge is 0.496 e. The summed E-state index contributed by atoms with van der Waals surface area (Å²) in [7, 11) is -0.535. The Morgan fingerprint density at radius 1 is 1.19 bits per heavy atom. The summed E-state index contributed by atoms with van der Waals surface area (Å²) < 4.78 is 30.8. The molecule has 140 valence electrons. The lowest BCUT2D eigenvalue weighted by molar-refractivity contribution is 0.0937. The Hall–Kier alpha value is -2.06. The van der Waals surface area contributed by atoms with Gasteiger partial charge < -0.3 is 10.1 Å². The zero-order valence-corrected chi connectivity index (χ0v) is 17.4. The molecule has 0 heterocycles. The van der Waals surface area contributed by atoms with Crippen LogP contribution in [0.15, 0.2) is 46.9 Å². The number of halogens is 1. The van der Waals surface area contributed by atoms with Crippen LogP contribution >= 0.6 is 15.9 Å². The van der Waals surface area contributed by atoms with Crippen molar-refractivity contribution in [2.75, 3.05) is 24.7 Å². The van der Waals surface area contributed by atoms with E-state index in [-0.39, 0.29) is 17.5 Å². The highest BCUT2D eigenvalue weighted by molar-refractivity contribution is 9.10. The van der Waals surface area contributed by atoms with Crippen LogP contribution < -0.4 is 14.4 Å². The van der Waals surface area contributed by atoms with Gasteiger partial charge in [0.1, 0.15) is 5.75 Å². The second-order valence-corrected chi connectivity index (χ2v) is 8.79. The van der Waals surface area contributed by atoms with Crippen LogP contribution in [0.25, 0.3) is 0 Å². The molecule has 2 rings (SSSR count). The van der Waals surface area contributed by atoms with Crippen molar-refractivity contribution in [3.8, 4) is 5.75 Å². The third-order valence-corrected chi connectivity index (χ3v) is 5.74. The number of benzene rings is 2. The quantitative estimate of drug-likeness (QED) is 0.746. The number of hydrogen-bond acceptors (Lipinski definition) is 4. The van der Waals surface area contributed by atoms with Crippen molar-refractivity contribution in [1.29, 1.82) is 0 Å². The van der Waals surface area contributed by atoms with Crippen LogP contribution in [-0.4, -0.2) is 34.7 Å². The van der Waals surface area contributed by atoms with Gasteiger partial charge in [-0.05, 0) is 42.8 Å². The highest BCUT2D eigenvalue weighted by Crippen LogP contribution is 2.26. The predicted molar refractivity (Wildman–Crippen MR) is 106 cm³/mol. The lowest BCUT2D eigenvalue weighted by atomic mass is 10.1. The van der Waals surface area contributed by atoms with Crippen LogP contribution in [0.3, 0.4) is 0 Å². The highest BCUT2D eigenvalue weighted by Gasteiger charge is 2.19. The smallest absolute Gasteiger partial charge is 0.255 e. The topological polar surface area (TPSA) is 75.7 Å². The molecule has 2 aromatic rings. The first-order valence-electron chi connectivity index (χ1n) is 7.81. The molecule has 0 saturated carbocycles. The van der Waals surface area contributed by atoms with Crippen molar-refractivity contribution in [3.05, 3.63) is 58.1 Å². The van der Waals surface area contributed by atoms with E-state index in [4.69, 9.17) is 4.74 Å². The molecule has 26 heavy (non-hydrogen) atoms. The molecule has 0 aliphatic rings. The average molecular weight is 441 g/mol. The summed E-state index contributed by atoms with van der Waals surface area (Å²) in [4.78, 5) is 12.7. The molecule has 0 bridgehead atoms. The fraction of sp³-hybridized carbons (Fsp3) is 0.278. The number of nitrogens with zero attached hydrogens (tertiary/aromatic N) is 1. The Morgan fingerprint density at radius 3 is 2.35 bits per heavy atom. The summed E-state index contributed by atoms with van der Waals surface area (Å²) in [5, 5.41) is 2.91. The van der Waals surface area contributed by atoms with E-state index in [0.29, 0.717) is 11.4 Å². The summed E-state index contributed by atoms with van der Waals surface area (Å²) in [6.07, 6.45) is 1.10. The normalized spacial score (nSPS) is 12.3. The predicted octanol–water partition coefficient (Wildman–Crippen LogP) is 3.34. The molecular formula is C18H21BrN2O4S. The lowest BCUT2D eigenvalue weighted by Crippen LogP contribution is -2.28. The molecule has 0 saturated heterocycles. The van der Waals surface area contributed by atoms with Crippen molar-refractivity contribution in [1.82, 2.24) is 5.32 Å². The van der Waals surface area contributed by atoms with E-state index in [9.17, 15) is 13.2 Å². The second kappa shape index (κ2) is 8.09. The number of ether oxygens (including phenoxy) is 1. The molecule has 0 aliphatic heterocycles. The van der Waals surface area contributed by atoms with E-state index in [1.807, 2.05) is 31.2 Å². The fourth-order valence-corrected chi connectivity index (χ4v) is 3.13. The molecule has 0 radical (unpaired) electrons. The SMILES string of the molecule is COc1ccc(N(C)S(C)(=O)=O)cc1C(=O)N[C@@H](C)c1ccc(Br)cc1. The molecule has 2 aromatic carbocycles. The van der Waals surface area contributed by atoms with E-state index in [2.05, 4.69) is 21.2 Å². The van der Waals surface area contributed by atoms with Gasteiger partial charge in [0, 0.05) is 11.5 Å². The zero-order chi connectivity index (χ0) is 19.5. The third-order valence-electron chi connectivity index (χ3n) is 4.01. The minimum atomic E-state index is -3.43. The number of carbonyl (C=O) groups is 1. The summed E-state index contributed by atoms with van der Waals surface area (Å²) >= 11 is 3.38. The number of methoxy groups -OCH3 is 1. The van der Waals surface area contributed by atoms with Gasteiger partial charge in [-0.1, -0.05) is 28.1 Å². The van der Waals surface area contributed by atoms with Gasteiger partial charge in [0.15, 0.2) is 0 Å². The maximum Gasteiger partial charge on any atom is 0.255 e. The minimum absolute atomic E-state index is 0.225. The van der Waals surface area contributed by atoms with E-state index in [1.54, 1.807) is 12.1 Å². The van der Waals surface area contributed by atoms with Crippen molar-refractivity contribution in [2.45, 2.75) is 13.0 Å². The Kier molecular flexibility index (Phi) is 6.30. The molecular weight excluding hydrogens is 420 g/mol. The van der Waals surface area contributed by atoms with Crippen molar-refractivity contribution in [3.63, 3.8) is 0 Å². The summed E-state index contributed by atoms with van der Waals surface area (Å²) in [6.45, 7) is 1.88. The van der Waals surface area contributed by atoms with Gasteiger partial charge in [0.25, 0.3) is 5.91 Å². The number of sulfonamides is 1. The molecule has 6 nitrogen and oxygen atoms in total. The molecule has 8 heteroatoms. The van der Waals surface area contributed by atoms with E-state index < -0.39 is 10.0 Å². The van der Waals surface area contributed by atoms with Crippen LogP contribution in [0, 0.1) is 0 Å². The average Bonchev–Trinajstić information content (AvgIpc) is 2.60. The standard InChI is InChI=1S/C18H21BrN2O4S/c1-12(13-5-7-14(19)8-6-13)20-18(22)16-11-15(9-10-17(16)25-3)21(2)26(4,23)24/h5-12H,1-4H3,(H,20,22)/t12-/m0/s1. The fourth-order valence-electron chi connectivity index (χ4n) is 2.37. The molecule has 1 amide bonds. The Labute approximate surface area is 162 Å². The van der Waals surface area contributed by atoms with Crippen LogP contribution in [0.5, 0.6) is 5.75 Å². The highest BCUT2D eigenvalue weighted by atomic mass is 79.9. The van der Waals surface area contributed by atoms with Crippen molar-refractivity contribution in [2.24, 2.45) is 0 Å². The first-order valence-corrected chi connectivity index (χ1v) is 10.5. The maximum atomic E-state index is 12.7. The van der Waals surface area contributed by atoms with Gasteiger partial charge in [-0.15, -0.1) is 0 Å². The van der Waals surface area contributed by atoms with E-state index >= 15 is 0 Å². The summed E-state index contributed by atoms with van der Waals surface area (Å²) in [5.41, 5.74) is 1.60. The number of nitrogens with one attached hydrogen (secondary N) is 1. The van der Waals surface area contributed by atoms with Crippen LogP contribution in [0.4, 0.5) is 5.69 Å². The first kappa shape index (κ1) is 20.3. The summed E-state index contributed by atoms with van der Waals surface area (Å²) in [6, 6.07) is 12.1. The van der Waals surface area contributed by atoms with Gasteiger partial charge in [0.2, 0.25) is 10.0 Å². The lowest BCUT2D eigenvalue weighted by Gasteiger charge is -2.20. The Bertz CT molecular complexity index is 898. The van der Waals surface area contributed by atoms with Crippen molar-refractivity contribution < 1.29 is 17.9 Å². The Balaban J connectivity index is 2.30. The zero-order valence-electron chi connectivity index (χ0n) is 15.0. The number of amides is 1. The van der Waals surface area contributed by atoms with E-state index in [1.165, 1.54) is 20.2 Å². The number of anilines is 1. The second-order valence-electron chi connectivity index (χ2n) is 5.86. The number of rotatable bonds is 6. The van der Waals surface area contributed by atoms with Gasteiger partial charge in [-0.2, -0.15) is 0 Å². The maximum absolute atomic E-state index is 12.7. The van der Waals surface area contributed by atoms with E-state index in [0.717, 1.165) is 20.6 Å². The van der Waals surface area contributed by atoms with Gasteiger partial charge in [0.05, 0.1) is 30.7 Å².